The molecule has 2 aliphatic heterocycles. The van der Waals surface area contributed by atoms with Crippen LogP contribution in [0.15, 0.2) is 47.4 Å². The number of sulfonamides is 1. The number of fused-ring (bicyclic) bond motifs is 1. The maximum atomic E-state index is 13.4. The molecule has 1 unspecified atom stereocenters. The van der Waals surface area contributed by atoms with Gasteiger partial charge in [-0.1, -0.05) is 29.8 Å². The van der Waals surface area contributed by atoms with E-state index in [-0.39, 0.29) is 21.4 Å². The Labute approximate surface area is 180 Å². The zero-order valence-electron chi connectivity index (χ0n) is 16.2. The number of nitrogens with zero attached hydrogens (tertiary/aromatic N) is 1. The number of anilines is 1. The summed E-state index contributed by atoms with van der Waals surface area (Å²) < 4.78 is 28.1. The van der Waals surface area contributed by atoms with Gasteiger partial charge in [-0.25, -0.2) is 8.42 Å². The third-order valence-corrected chi connectivity index (χ3v) is 7.57. The third kappa shape index (κ3) is 3.89. The minimum absolute atomic E-state index is 0.0122. The Hall–Kier alpha value is -2.58. The third-order valence-electron chi connectivity index (χ3n) is 5.43. The van der Waals surface area contributed by atoms with Crippen LogP contribution in [0.25, 0.3) is 0 Å². The molecule has 0 aliphatic carbocycles. The largest absolute Gasteiger partial charge is 0.354 e. The van der Waals surface area contributed by atoms with Crippen molar-refractivity contribution >= 4 is 39.1 Å². The lowest BCUT2D eigenvalue weighted by molar-refractivity contribution is -0.124. The molecule has 0 radical (unpaired) electrons. The van der Waals surface area contributed by atoms with E-state index in [1.165, 1.54) is 22.5 Å². The zero-order valence-corrected chi connectivity index (χ0v) is 17.8. The summed E-state index contributed by atoms with van der Waals surface area (Å²) in [5.41, 5.74) is 1.66. The van der Waals surface area contributed by atoms with Gasteiger partial charge in [0, 0.05) is 13.1 Å². The van der Waals surface area contributed by atoms with Crippen LogP contribution in [-0.2, 0) is 21.2 Å². The molecule has 0 bridgehead atoms. The first-order valence-corrected chi connectivity index (χ1v) is 11.7. The number of para-hydroxylation sites is 1. The molecule has 2 aliphatic rings. The fraction of sp³-hybridized carbons (Fsp3) is 0.333. The summed E-state index contributed by atoms with van der Waals surface area (Å²) in [6, 6.07) is 10.8. The highest BCUT2D eigenvalue weighted by Gasteiger charge is 2.31. The number of aryl methyl sites for hydroxylation is 1. The number of carbonyl (C=O) groups is 2. The quantitative estimate of drug-likeness (QED) is 0.752. The van der Waals surface area contributed by atoms with Crippen molar-refractivity contribution in [2.45, 2.75) is 36.6 Å². The van der Waals surface area contributed by atoms with Gasteiger partial charge < -0.3 is 10.6 Å². The molecule has 1 saturated heterocycles. The lowest BCUT2D eigenvalue weighted by atomic mass is 10.0. The molecule has 1 fully saturated rings. The maximum absolute atomic E-state index is 13.4. The Balaban J connectivity index is 1.64. The van der Waals surface area contributed by atoms with Gasteiger partial charge >= 0.3 is 0 Å². The molecule has 9 heteroatoms. The first-order valence-electron chi connectivity index (χ1n) is 9.87. The number of carbonyl (C=O) groups excluding carboxylic acids is 2. The van der Waals surface area contributed by atoms with Gasteiger partial charge in [0.05, 0.1) is 21.2 Å². The Bertz CT molecular complexity index is 1100. The van der Waals surface area contributed by atoms with Crippen molar-refractivity contribution < 1.29 is 18.0 Å². The minimum atomic E-state index is -3.88. The number of piperidine rings is 1. The standard InChI is InChI=1S/C21H22ClN3O4S/c22-17-10-9-15(13-16(17)20(26)24-18-7-3-11-23-21(18)27)30(28,29)25-12-4-6-14-5-1-2-8-19(14)25/h1-2,5,8-10,13,18H,3-4,6-7,11-12H2,(H,23,27)(H,24,26). The Morgan fingerprint density at radius 3 is 2.77 bits per heavy atom. The summed E-state index contributed by atoms with van der Waals surface area (Å²) in [4.78, 5) is 24.7. The highest BCUT2D eigenvalue weighted by Crippen LogP contribution is 2.32. The molecule has 2 aromatic carbocycles. The van der Waals surface area contributed by atoms with Crippen LogP contribution in [-0.4, -0.2) is 39.4 Å². The van der Waals surface area contributed by atoms with Crippen LogP contribution in [0.3, 0.4) is 0 Å². The first-order chi connectivity index (χ1) is 14.4. The van der Waals surface area contributed by atoms with Crippen LogP contribution < -0.4 is 14.9 Å². The number of nitrogens with one attached hydrogen (secondary N) is 2. The average molecular weight is 448 g/mol. The smallest absolute Gasteiger partial charge is 0.264 e. The Morgan fingerprint density at radius 2 is 1.97 bits per heavy atom. The molecule has 2 amide bonds. The number of rotatable bonds is 4. The summed E-state index contributed by atoms with van der Waals surface area (Å²) in [6.07, 6.45) is 2.82. The normalized spacial score (nSPS) is 19.0. The number of benzene rings is 2. The van der Waals surface area contributed by atoms with Crippen molar-refractivity contribution in [2.75, 3.05) is 17.4 Å². The van der Waals surface area contributed by atoms with Gasteiger partial charge in [-0.05, 0) is 55.5 Å². The van der Waals surface area contributed by atoms with Gasteiger partial charge in [-0.15, -0.1) is 0 Å². The van der Waals surface area contributed by atoms with E-state index in [1.54, 1.807) is 6.07 Å². The van der Waals surface area contributed by atoms with E-state index < -0.39 is 22.0 Å². The predicted molar refractivity (Wildman–Crippen MR) is 114 cm³/mol. The van der Waals surface area contributed by atoms with Crippen molar-refractivity contribution in [2.24, 2.45) is 0 Å². The molecule has 0 aromatic heterocycles. The van der Waals surface area contributed by atoms with Crippen molar-refractivity contribution in [3.05, 3.63) is 58.6 Å². The zero-order chi connectivity index (χ0) is 21.3. The second-order valence-electron chi connectivity index (χ2n) is 7.41. The molecule has 0 saturated carbocycles. The van der Waals surface area contributed by atoms with E-state index in [0.717, 1.165) is 18.4 Å². The van der Waals surface area contributed by atoms with Crippen molar-refractivity contribution in [3.8, 4) is 0 Å². The Kier molecular flexibility index (Phi) is 5.71. The highest BCUT2D eigenvalue weighted by atomic mass is 35.5. The number of amides is 2. The molecule has 30 heavy (non-hydrogen) atoms. The van der Waals surface area contributed by atoms with Crippen LogP contribution in [0, 0.1) is 0 Å². The van der Waals surface area contributed by atoms with Gasteiger partial charge in [-0.2, -0.15) is 0 Å². The van der Waals surface area contributed by atoms with Crippen LogP contribution in [0.5, 0.6) is 0 Å². The molecule has 2 aromatic rings. The van der Waals surface area contributed by atoms with Crippen LogP contribution in [0.2, 0.25) is 5.02 Å². The van der Waals surface area contributed by atoms with E-state index in [1.807, 2.05) is 18.2 Å². The topological polar surface area (TPSA) is 95.6 Å². The number of hydrogen-bond acceptors (Lipinski definition) is 4. The minimum Gasteiger partial charge on any atom is -0.354 e. The van der Waals surface area contributed by atoms with Gasteiger partial charge in [0.2, 0.25) is 5.91 Å². The lowest BCUT2D eigenvalue weighted by Gasteiger charge is -2.30. The fourth-order valence-corrected chi connectivity index (χ4v) is 5.63. The predicted octanol–water partition coefficient (Wildman–Crippen LogP) is 2.49. The molecule has 4 rings (SSSR count). The maximum Gasteiger partial charge on any atom is 0.264 e. The second-order valence-corrected chi connectivity index (χ2v) is 9.68. The van der Waals surface area contributed by atoms with Gasteiger partial charge in [0.15, 0.2) is 0 Å². The van der Waals surface area contributed by atoms with E-state index in [4.69, 9.17) is 11.6 Å². The molecule has 2 N–H and O–H groups in total. The van der Waals surface area contributed by atoms with Crippen molar-refractivity contribution in [1.29, 1.82) is 0 Å². The van der Waals surface area contributed by atoms with Gasteiger partial charge in [0.25, 0.3) is 15.9 Å². The van der Waals surface area contributed by atoms with Gasteiger partial charge in [0.1, 0.15) is 6.04 Å². The second kappa shape index (κ2) is 8.28. The van der Waals surface area contributed by atoms with Crippen LogP contribution in [0.4, 0.5) is 5.69 Å². The van der Waals surface area contributed by atoms with E-state index >= 15 is 0 Å². The first kappa shape index (κ1) is 20.7. The molecule has 1 atom stereocenters. The summed E-state index contributed by atoms with van der Waals surface area (Å²) in [6.45, 7) is 0.947. The fourth-order valence-electron chi connectivity index (χ4n) is 3.86. The monoisotopic (exact) mass is 447 g/mol. The highest BCUT2D eigenvalue weighted by molar-refractivity contribution is 7.92. The molecular weight excluding hydrogens is 426 g/mol. The molecule has 158 valence electrons. The van der Waals surface area contributed by atoms with Crippen molar-refractivity contribution in [3.63, 3.8) is 0 Å². The molecule has 2 heterocycles. The summed E-state index contributed by atoms with van der Waals surface area (Å²) in [5, 5.41) is 5.48. The van der Waals surface area contributed by atoms with Gasteiger partial charge in [-0.3, -0.25) is 13.9 Å². The van der Waals surface area contributed by atoms with Crippen molar-refractivity contribution in [1.82, 2.24) is 10.6 Å². The van der Waals surface area contributed by atoms with E-state index in [2.05, 4.69) is 10.6 Å². The average Bonchev–Trinajstić information content (AvgIpc) is 2.75. The number of hydrogen-bond donors (Lipinski definition) is 2. The SMILES string of the molecule is O=C(NC1CCCNC1=O)c1cc(S(=O)(=O)N2CCCc3ccccc32)ccc1Cl. The van der Waals surface area contributed by atoms with E-state index in [0.29, 0.717) is 31.6 Å². The molecule has 7 nitrogen and oxygen atoms in total. The number of halogens is 1. The Morgan fingerprint density at radius 1 is 1.17 bits per heavy atom. The summed E-state index contributed by atoms with van der Waals surface area (Å²) >= 11 is 6.19. The van der Waals surface area contributed by atoms with Crippen LogP contribution >= 0.6 is 11.6 Å². The van der Waals surface area contributed by atoms with E-state index in [9.17, 15) is 18.0 Å². The molecule has 0 spiro atoms. The van der Waals surface area contributed by atoms with Crippen LogP contribution in [0.1, 0.15) is 35.2 Å². The summed E-state index contributed by atoms with van der Waals surface area (Å²) in [5.74, 6) is -0.822. The molecular formula is C21H22ClN3O4S. The lowest BCUT2D eigenvalue weighted by Crippen LogP contribution is -2.50. The summed E-state index contributed by atoms with van der Waals surface area (Å²) in [7, 11) is -3.88.